The summed E-state index contributed by atoms with van der Waals surface area (Å²) in [5.74, 6) is 0.425. The number of hydrogen-bond donors (Lipinski definition) is 1. The molecule has 0 radical (unpaired) electrons. The van der Waals surface area contributed by atoms with Crippen molar-refractivity contribution >= 4 is 22.6 Å². The first kappa shape index (κ1) is 18.6. The highest BCUT2D eigenvalue weighted by Gasteiger charge is 2.08. The number of amides is 1. The summed E-state index contributed by atoms with van der Waals surface area (Å²) in [7, 11) is 0. The van der Waals surface area contributed by atoms with Gasteiger partial charge in [-0.05, 0) is 35.4 Å². The minimum atomic E-state index is -0.0829. The summed E-state index contributed by atoms with van der Waals surface area (Å²) in [5.41, 5.74) is 3.35. The number of nitrogens with zero attached hydrogens (tertiary/aromatic N) is 3. The number of rotatable bonds is 5. The minimum absolute atomic E-state index is 0.0824. The number of hydrogen-bond acceptors (Lipinski definition) is 4. The van der Waals surface area contributed by atoms with Crippen LogP contribution >= 0.6 is 0 Å². The van der Waals surface area contributed by atoms with Crippen molar-refractivity contribution in [3.8, 4) is 11.1 Å². The maximum Gasteiger partial charge on any atom is 0.261 e. The summed E-state index contributed by atoms with van der Waals surface area (Å²) in [6.07, 6.45) is 3.67. The molecule has 6 nitrogen and oxygen atoms in total. The number of benzene rings is 2. The molecular weight excluding hydrogens is 364 g/mol. The second-order valence-electron chi connectivity index (χ2n) is 6.73. The summed E-state index contributed by atoms with van der Waals surface area (Å²) >= 11 is 0. The van der Waals surface area contributed by atoms with Crippen LogP contribution in [0, 0.1) is 0 Å². The minimum Gasteiger partial charge on any atom is -0.311 e. The molecule has 0 bridgehead atoms. The molecule has 6 heteroatoms. The fourth-order valence-electron chi connectivity index (χ4n) is 3.10. The standard InChI is InChI=1S/C23H20N4O2/c1-2-22(28)26-21-11-9-18(13-24-21)17-8-10-20-19(12-17)23(29)27(15-25-20)14-16-6-4-3-5-7-16/h3-13,15H,2,14H2,1H3,(H,24,26,28). The molecule has 1 amide bonds. The summed E-state index contributed by atoms with van der Waals surface area (Å²) in [5, 5.41) is 3.29. The van der Waals surface area contributed by atoms with E-state index in [1.54, 1.807) is 30.1 Å². The zero-order chi connectivity index (χ0) is 20.2. The molecule has 4 rings (SSSR count). The molecule has 144 valence electrons. The number of pyridine rings is 1. The van der Waals surface area contributed by atoms with Gasteiger partial charge in [-0.25, -0.2) is 9.97 Å². The van der Waals surface area contributed by atoms with Gasteiger partial charge < -0.3 is 5.32 Å². The lowest BCUT2D eigenvalue weighted by Crippen LogP contribution is -2.21. The first-order chi connectivity index (χ1) is 14.1. The Morgan fingerprint density at radius 1 is 1.00 bits per heavy atom. The van der Waals surface area contributed by atoms with Crippen LogP contribution in [-0.4, -0.2) is 20.4 Å². The normalized spacial score (nSPS) is 10.8. The van der Waals surface area contributed by atoms with Gasteiger partial charge >= 0.3 is 0 Å². The van der Waals surface area contributed by atoms with Crippen LogP contribution in [0.5, 0.6) is 0 Å². The fraction of sp³-hybridized carbons (Fsp3) is 0.130. The molecule has 1 N–H and O–H groups in total. The molecule has 0 saturated heterocycles. The van der Waals surface area contributed by atoms with Gasteiger partial charge in [-0.3, -0.25) is 14.2 Å². The SMILES string of the molecule is CCC(=O)Nc1ccc(-c2ccc3ncn(Cc4ccccc4)c(=O)c3c2)cn1. The van der Waals surface area contributed by atoms with Gasteiger partial charge in [0.2, 0.25) is 5.91 Å². The van der Waals surface area contributed by atoms with Crippen LogP contribution in [-0.2, 0) is 11.3 Å². The Labute approximate surface area is 167 Å². The molecule has 4 aromatic rings. The number of anilines is 1. The van der Waals surface area contributed by atoms with Crippen molar-refractivity contribution in [2.45, 2.75) is 19.9 Å². The van der Waals surface area contributed by atoms with Crippen LogP contribution in [0.25, 0.3) is 22.0 Å². The first-order valence-electron chi connectivity index (χ1n) is 9.43. The molecule has 0 atom stereocenters. The smallest absolute Gasteiger partial charge is 0.261 e. The Balaban J connectivity index is 1.67. The molecule has 0 fully saturated rings. The molecule has 2 heterocycles. The van der Waals surface area contributed by atoms with E-state index in [1.165, 1.54) is 0 Å². The van der Waals surface area contributed by atoms with Crippen LogP contribution in [0.4, 0.5) is 5.82 Å². The van der Waals surface area contributed by atoms with E-state index in [0.717, 1.165) is 16.7 Å². The molecule has 0 aliphatic heterocycles. The van der Waals surface area contributed by atoms with Gasteiger partial charge in [0.1, 0.15) is 5.82 Å². The van der Waals surface area contributed by atoms with Gasteiger partial charge in [-0.2, -0.15) is 0 Å². The van der Waals surface area contributed by atoms with Crippen LogP contribution < -0.4 is 10.9 Å². The number of carbonyl (C=O) groups excluding carboxylic acids is 1. The average molecular weight is 384 g/mol. The van der Waals surface area contributed by atoms with E-state index in [9.17, 15) is 9.59 Å². The van der Waals surface area contributed by atoms with Gasteiger partial charge in [0, 0.05) is 18.2 Å². The lowest BCUT2D eigenvalue weighted by Gasteiger charge is -2.09. The quantitative estimate of drug-likeness (QED) is 0.567. The van der Waals surface area contributed by atoms with Gasteiger partial charge in [0.25, 0.3) is 5.56 Å². The van der Waals surface area contributed by atoms with E-state index in [4.69, 9.17) is 0 Å². The molecule has 2 aromatic carbocycles. The maximum atomic E-state index is 13.0. The maximum absolute atomic E-state index is 13.0. The average Bonchev–Trinajstić information content (AvgIpc) is 2.77. The van der Waals surface area contributed by atoms with Crippen LogP contribution in [0.3, 0.4) is 0 Å². The number of fused-ring (bicyclic) bond motifs is 1. The fourth-order valence-corrected chi connectivity index (χ4v) is 3.10. The van der Waals surface area contributed by atoms with E-state index >= 15 is 0 Å². The Kier molecular flexibility index (Phi) is 5.16. The van der Waals surface area contributed by atoms with Gasteiger partial charge in [0.05, 0.1) is 23.8 Å². The Hall–Kier alpha value is -3.80. The van der Waals surface area contributed by atoms with E-state index in [0.29, 0.717) is 29.7 Å². The van der Waals surface area contributed by atoms with Gasteiger partial charge in [-0.15, -0.1) is 0 Å². The summed E-state index contributed by atoms with van der Waals surface area (Å²) in [4.78, 5) is 33.2. The molecular formula is C23H20N4O2. The monoisotopic (exact) mass is 384 g/mol. The molecule has 0 aliphatic rings. The second-order valence-corrected chi connectivity index (χ2v) is 6.73. The third-order valence-corrected chi connectivity index (χ3v) is 4.71. The van der Waals surface area contributed by atoms with E-state index in [2.05, 4.69) is 15.3 Å². The summed E-state index contributed by atoms with van der Waals surface area (Å²) < 4.78 is 1.61. The van der Waals surface area contributed by atoms with Crippen LogP contribution in [0.2, 0.25) is 0 Å². The molecule has 0 unspecified atom stereocenters. The largest absolute Gasteiger partial charge is 0.311 e. The van der Waals surface area contributed by atoms with E-state index in [1.807, 2.05) is 54.6 Å². The van der Waals surface area contributed by atoms with Crippen LogP contribution in [0.1, 0.15) is 18.9 Å². The molecule has 0 saturated carbocycles. The summed E-state index contributed by atoms with van der Waals surface area (Å²) in [6, 6.07) is 19.0. The van der Waals surface area contributed by atoms with Gasteiger partial charge in [0.15, 0.2) is 0 Å². The molecule has 0 aliphatic carbocycles. The third-order valence-electron chi connectivity index (χ3n) is 4.71. The first-order valence-corrected chi connectivity index (χ1v) is 9.43. The third kappa shape index (κ3) is 4.06. The molecule has 0 spiro atoms. The summed E-state index contributed by atoms with van der Waals surface area (Å²) in [6.45, 7) is 2.26. The lowest BCUT2D eigenvalue weighted by molar-refractivity contribution is -0.115. The predicted octanol–water partition coefficient (Wildman–Crippen LogP) is 3.86. The number of aromatic nitrogens is 3. The Morgan fingerprint density at radius 2 is 1.79 bits per heavy atom. The Morgan fingerprint density at radius 3 is 2.52 bits per heavy atom. The molecule has 2 aromatic heterocycles. The van der Waals surface area contributed by atoms with Crippen molar-refractivity contribution in [2.75, 3.05) is 5.32 Å². The zero-order valence-corrected chi connectivity index (χ0v) is 16.0. The number of nitrogens with one attached hydrogen (secondary N) is 1. The zero-order valence-electron chi connectivity index (χ0n) is 16.0. The number of carbonyl (C=O) groups is 1. The predicted molar refractivity (Wildman–Crippen MR) is 114 cm³/mol. The molecule has 29 heavy (non-hydrogen) atoms. The van der Waals surface area contributed by atoms with Gasteiger partial charge in [-0.1, -0.05) is 43.3 Å². The van der Waals surface area contributed by atoms with Crippen molar-refractivity contribution in [3.63, 3.8) is 0 Å². The lowest BCUT2D eigenvalue weighted by atomic mass is 10.1. The van der Waals surface area contributed by atoms with Crippen molar-refractivity contribution < 1.29 is 4.79 Å². The van der Waals surface area contributed by atoms with E-state index in [-0.39, 0.29) is 11.5 Å². The highest BCUT2D eigenvalue weighted by molar-refractivity contribution is 5.89. The van der Waals surface area contributed by atoms with Crippen LogP contribution in [0.15, 0.2) is 78.0 Å². The van der Waals surface area contributed by atoms with Crippen molar-refractivity contribution in [3.05, 3.63) is 89.1 Å². The van der Waals surface area contributed by atoms with Crippen molar-refractivity contribution in [1.29, 1.82) is 0 Å². The van der Waals surface area contributed by atoms with Crippen molar-refractivity contribution in [2.24, 2.45) is 0 Å². The highest BCUT2D eigenvalue weighted by atomic mass is 16.1. The second kappa shape index (κ2) is 8.06. The topological polar surface area (TPSA) is 76.9 Å². The van der Waals surface area contributed by atoms with E-state index < -0.39 is 0 Å². The highest BCUT2D eigenvalue weighted by Crippen LogP contribution is 2.22. The van der Waals surface area contributed by atoms with Crippen molar-refractivity contribution in [1.82, 2.24) is 14.5 Å². The Bertz CT molecular complexity index is 1220.